The number of carbonyl (C=O) groups is 7. The number of aliphatic hydroxyl groups is 1. The van der Waals surface area contributed by atoms with Crippen molar-refractivity contribution in [2.45, 2.75) is 231 Å². The van der Waals surface area contributed by atoms with E-state index < -0.39 is 24.0 Å². The van der Waals surface area contributed by atoms with Gasteiger partial charge in [0.25, 0.3) is 0 Å². The summed E-state index contributed by atoms with van der Waals surface area (Å²) in [6.45, 7) is 7.22. The van der Waals surface area contributed by atoms with Crippen LogP contribution in [0, 0.1) is 0 Å². The third-order valence-corrected chi connectivity index (χ3v) is 11.6. The Morgan fingerprint density at radius 3 is 1.36 bits per heavy atom. The monoisotopic (exact) mass is 992 g/mol. The normalized spacial score (nSPS) is 12.2. The van der Waals surface area contributed by atoms with Gasteiger partial charge >= 0.3 is 11.9 Å². The molecule has 3 unspecified atom stereocenters. The van der Waals surface area contributed by atoms with Crippen LogP contribution in [0.1, 0.15) is 207 Å². The first-order valence-electron chi connectivity index (χ1n) is 26.0. The minimum Gasteiger partial charge on any atom is -0.513 e. The molecule has 4 radical (unpaired) electrons. The van der Waals surface area contributed by atoms with Crippen molar-refractivity contribution in [3.05, 3.63) is 12.3 Å². The van der Waals surface area contributed by atoms with E-state index in [0.29, 0.717) is 51.0 Å². The predicted octanol–water partition coefficient (Wildman–Crippen LogP) is 6.61. The maximum atomic E-state index is 12.2. The molecule has 4 atom stereocenters. The molecule has 17 nitrogen and oxygen atoms in total. The number of amides is 3. The molecule has 70 heavy (non-hydrogen) atoms. The van der Waals surface area contributed by atoms with E-state index in [1.54, 1.807) is 21.0 Å². The molecule has 0 saturated heterocycles. The molecule has 0 aromatic heterocycles. The number of aliphatic carboxylic acids is 2. The van der Waals surface area contributed by atoms with Gasteiger partial charge in [0.1, 0.15) is 12.3 Å². The molecule has 0 aromatic rings. The van der Waals surface area contributed by atoms with Gasteiger partial charge in [-0.3, -0.25) is 19.2 Å². The zero-order chi connectivity index (χ0) is 52.3. The number of allylic oxidation sites excluding steroid dienone is 1. The lowest BCUT2D eigenvalue weighted by Gasteiger charge is -2.16. The number of carboxylic acids is 2. The fourth-order valence-electron chi connectivity index (χ4n) is 7.12. The summed E-state index contributed by atoms with van der Waals surface area (Å²) in [5.74, 6) is -2.28. The molecule has 0 fully saturated rings. The topological polar surface area (TPSA) is 264 Å². The van der Waals surface area contributed by atoms with Crippen molar-refractivity contribution in [3.63, 3.8) is 0 Å². The highest BCUT2D eigenvalue weighted by Gasteiger charge is 2.21. The van der Waals surface area contributed by atoms with E-state index in [4.69, 9.17) is 18.2 Å². The summed E-state index contributed by atoms with van der Waals surface area (Å²) in [7, 11) is 15.2. The third kappa shape index (κ3) is 52.0. The zero-order valence-electron chi connectivity index (χ0n) is 43.3. The van der Waals surface area contributed by atoms with Crippen molar-refractivity contribution < 1.29 is 48.9 Å². The summed E-state index contributed by atoms with van der Waals surface area (Å²) in [5.41, 5.74) is -0.245. The summed E-state index contributed by atoms with van der Waals surface area (Å²) >= 11 is 0. The largest absolute Gasteiger partial charge is 0.513 e. The van der Waals surface area contributed by atoms with E-state index in [0.717, 1.165) is 83.5 Å². The van der Waals surface area contributed by atoms with Crippen LogP contribution in [0.25, 0.3) is 0 Å². The molecule has 0 bridgehead atoms. The Hall–Kier alpha value is -3.80. The molecule has 0 heterocycles. The summed E-state index contributed by atoms with van der Waals surface area (Å²) in [6.07, 6.45) is 28.5. The van der Waals surface area contributed by atoms with Crippen LogP contribution >= 0.6 is 0 Å². The molecule has 0 aliphatic rings. The number of carboxylic acid groups (broad SMARTS) is 2. The highest BCUT2D eigenvalue weighted by atomic mass is 16.4. The number of hydrogen-bond acceptors (Lipinski definition) is 12. The first kappa shape index (κ1) is 72.7. The number of carbonyl (C=O) groups excluding carboxylic acids is 5. The van der Waals surface area contributed by atoms with Gasteiger partial charge < -0.3 is 62.0 Å². The number of hydrogen-bond donors (Lipinski definition) is 10. The fraction of sp³-hybridized carbons (Fsp3) is 0.824. The minimum atomic E-state index is -1.12. The number of rotatable bonds is 46. The Balaban J connectivity index is -0.000000648. The smallest absolute Gasteiger partial charge is 0.326 e. The van der Waals surface area contributed by atoms with Crippen molar-refractivity contribution in [1.29, 1.82) is 0 Å². The zero-order valence-corrected chi connectivity index (χ0v) is 43.3. The van der Waals surface area contributed by atoms with Crippen LogP contribution in [-0.2, 0) is 33.6 Å². The number of nitrogens with one attached hydrogen (secondary N) is 7. The van der Waals surface area contributed by atoms with Crippen LogP contribution in [0.5, 0.6) is 0 Å². The average molecular weight is 992 g/mol. The van der Waals surface area contributed by atoms with Crippen LogP contribution in [-0.4, -0.2) is 138 Å². The SMILES string of the molecule is C.C=C(O)CCCCCCCCCCCCCCCCCCC(=O)NC(CCC(=O)NCCCC[C@@H](C=O)NC)C(=O)O.[B]C(=O)CC.[B]NC(CCCCNC(=O)C(CCCCNC)NC)C(=O)O. The van der Waals surface area contributed by atoms with Crippen molar-refractivity contribution in [1.82, 2.24) is 37.1 Å². The van der Waals surface area contributed by atoms with E-state index in [1.165, 1.54) is 77.0 Å². The van der Waals surface area contributed by atoms with Gasteiger partial charge in [-0.1, -0.05) is 117 Å². The Morgan fingerprint density at radius 1 is 0.529 bits per heavy atom. The number of unbranched alkanes of at least 4 members (excludes halogenated alkanes) is 18. The third-order valence-electron chi connectivity index (χ3n) is 11.6. The molecule has 0 spiro atoms. The van der Waals surface area contributed by atoms with Crippen LogP contribution in [0.4, 0.5) is 0 Å². The standard InChI is InChI=1S/C33H61N3O6.C14H29BN4O3.C3H5BO.CH4/c1-28(38)21-17-15-13-11-9-7-5-3-4-6-8-10-12-14-16-18-23-32(40)36-30(33(41)42)24-25-31(39)35-26-20-19-22-29(27-37)34-2;1-16-9-5-3-7-11(17-2)13(20)18-10-6-4-8-12(19-15)14(21)22;1-2-3(4)5;/h27,29-30,34,38H,1,3-26H2,2H3,(H,35,39)(H,36,40)(H,41,42);11-12,16-17,19H,3-10H2,1-2H3,(H,18,20)(H,21,22);2H2,1H3;1H4/t29-,30?;;;/m0.../s1. The first-order chi connectivity index (χ1) is 33.1. The van der Waals surface area contributed by atoms with Crippen molar-refractivity contribution >= 4 is 57.5 Å². The summed E-state index contributed by atoms with van der Waals surface area (Å²) in [5, 5.41) is 46.8. The maximum absolute atomic E-state index is 12.2. The Kier molecular flexibility index (Phi) is 56.7. The Bertz CT molecular complexity index is 1340. The van der Waals surface area contributed by atoms with Gasteiger partial charge in [0, 0.05) is 32.4 Å². The van der Waals surface area contributed by atoms with Crippen molar-refractivity contribution in [3.8, 4) is 0 Å². The second-order valence-electron chi connectivity index (χ2n) is 17.7. The number of aldehydes is 1. The minimum absolute atomic E-state index is 0. The second kappa shape index (κ2) is 54.5. The van der Waals surface area contributed by atoms with Gasteiger partial charge in [-0.15, -0.1) is 0 Å². The first-order valence-corrected chi connectivity index (χ1v) is 26.0. The highest BCUT2D eigenvalue weighted by Crippen LogP contribution is 2.15. The second-order valence-corrected chi connectivity index (χ2v) is 17.7. The summed E-state index contributed by atoms with van der Waals surface area (Å²) in [4.78, 5) is 78.9. The van der Waals surface area contributed by atoms with E-state index >= 15 is 0 Å². The maximum Gasteiger partial charge on any atom is 0.326 e. The van der Waals surface area contributed by atoms with Crippen LogP contribution in [0.15, 0.2) is 12.3 Å². The molecule has 404 valence electrons. The molecule has 0 rings (SSSR count). The van der Waals surface area contributed by atoms with E-state index in [-0.39, 0.29) is 55.8 Å². The van der Waals surface area contributed by atoms with Gasteiger partial charge in [0.15, 0.2) is 15.8 Å². The molecule has 19 heteroatoms. The predicted molar refractivity (Wildman–Crippen MR) is 285 cm³/mol. The Morgan fingerprint density at radius 2 is 0.957 bits per heavy atom. The molecule has 10 N–H and O–H groups in total. The summed E-state index contributed by atoms with van der Waals surface area (Å²) < 4.78 is 0. The van der Waals surface area contributed by atoms with Gasteiger partial charge in [0.05, 0.1) is 29.6 Å². The number of likely N-dealkylation sites (N-methyl/N-ethyl adjacent to an activating group) is 2. The van der Waals surface area contributed by atoms with Crippen LogP contribution < -0.4 is 37.1 Å². The van der Waals surface area contributed by atoms with Crippen LogP contribution in [0.3, 0.4) is 0 Å². The van der Waals surface area contributed by atoms with E-state index in [9.17, 15) is 38.7 Å². The molecule has 0 aliphatic heterocycles. The van der Waals surface area contributed by atoms with Crippen LogP contribution in [0.2, 0.25) is 0 Å². The van der Waals surface area contributed by atoms with Crippen molar-refractivity contribution in [2.24, 2.45) is 0 Å². The molecule has 0 aliphatic carbocycles. The lowest BCUT2D eigenvalue weighted by Crippen LogP contribution is -2.43. The van der Waals surface area contributed by atoms with Gasteiger partial charge in [0.2, 0.25) is 17.7 Å². The van der Waals surface area contributed by atoms with Crippen molar-refractivity contribution in [2.75, 3.05) is 40.8 Å². The molecular weight excluding hydrogens is 892 g/mol. The van der Waals surface area contributed by atoms with Gasteiger partial charge in [-0.05, 0) is 105 Å². The molecular formula is C51H99B2N7O10. The Labute approximate surface area is 426 Å². The quantitative estimate of drug-likeness (QED) is 0.0133. The molecule has 0 saturated carbocycles. The lowest BCUT2D eigenvalue weighted by molar-refractivity contribution is -0.142. The van der Waals surface area contributed by atoms with Gasteiger partial charge in [-0.25, -0.2) is 4.79 Å². The van der Waals surface area contributed by atoms with E-state index in [2.05, 4.69) is 51.6 Å². The van der Waals surface area contributed by atoms with Gasteiger partial charge in [-0.2, -0.15) is 0 Å². The van der Waals surface area contributed by atoms with E-state index in [1.807, 2.05) is 7.05 Å². The average Bonchev–Trinajstić information content (AvgIpc) is 3.32. The molecule has 0 aromatic carbocycles. The lowest BCUT2D eigenvalue weighted by atomic mass is 10.0. The summed E-state index contributed by atoms with van der Waals surface area (Å²) in [6, 6.07) is -2.13. The number of aliphatic hydroxyl groups excluding tert-OH is 1. The highest BCUT2D eigenvalue weighted by molar-refractivity contribution is 6.57. The fourth-order valence-corrected chi connectivity index (χ4v) is 7.12. The molecule has 3 amide bonds.